The zero-order chi connectivity index (χ0) is 29.1. The van der Waals surface area contributed by atoms with Crippen molar-refractivity contribution in [3.8, 4) is 17.2 Å². The molecule has 3 rings (SSSR count). The second-order valence-corrected chi connectivity index (χ2v) is 10.4. The first-order chi connectivity index (χ1) is 19.2. The Hall–Kier alpha value is -3.88. The highest BCUT2D eigenvalue weighted by Crippen LogP contribution is 2.36. The standard InChI is InChI=1S/C31H41N3O6/c1-4-21(13-25-19-33-18-24(25)8-5-22-11-12-34-30(32)16-22)7-10-27(40-20(2)35)17-26(36)9-6-23-14-28(37)31(38)29(15-23)39-3/h11-12,14-16,19,21,27,37-38H,4-10,13,17-18H2,1-3H3,(H2,32,34). The quantitative estimate of drug-likeness (QED) is 0.193. The maximum absolute atomic E-state index is 12.8. The number of benzene rings is 1. The molecule has 0 amide bonds. The smallest absolute Gasteiger partial charge is 0.302 e. The van der Waals surface area contributed by atoms with Gasteiger partial charge in [0.05, 0.1) is 13.7 Å². The molecule has 2 heterocycles. The Kier molecular flexibility index (Phi) is 11.5. The van der Waals surface area contributed by atoms with Gasteiger partial charge < -0.3 is 25.4 Å². The van der Waals surface area contributed by atoms with Crippen LogP contribution in [0.3, 0.4) is 0 Å². The van der Waals surface area contributed by atoms with E-state index in [-0.39, 0.29) is 35.9 Å². The first-order valence-electron chi connectivity index (χ1n) is 13.9. The largest absolute Gasteiger partial charge is 0.504 e. The molecule has 0 bridgehead atoms. The van der Waals surface area contributed by atoms with E-state index in [1.165, 1.54) is 31.2 Å². The van der Waals surface area contributed by atoms with Crippen LogP contribution < -0.4 is 10.5 Å². The number of nitrogens with two attached hydrogens (primary N) is 1. The number of aromatic hydroxyl groups is 2. The first kappa shape index (κ1) is 30.7. The van der Waals surface area contributed by atoms with Crippen molar-refractivity contribution in [1.29, 1.82) is 0 Å². The van der Waals surface area contributed by atoms with Crippen molar-refractivity contribution in [2.75, 3.05) is 19.4 Å². The molecule has 1 aromatic carbocycles. The number of rotatable bonds is 16. The molecule has 2 aromatic rings. The van der Waals surface area contributed by atoms with Crippen molar-refractivity contribution >= 4 is 23.8 Å². The van der Waals surface area contributed by atoms with Gasteiger partial charge >= 0.3 is 5.97 Å². The molecule has 0 fully saturated rings. The van der Waals surface area contributed by atoms with Gasteiger partial charge in [0.1, 0.15) is 17.7 Å². The number of ketones is 1. The van der Waals surface area contributed by atoms with Crippen molar-refractivity contribution in [3.63, 3.8) is 0 Å². The lowest BCUT2D eigenvalue weighted by Crippen LogP contribution is -2.22. The Morgan fingerprint density at radius 2 is 1.90 bits per heavy atom. The fraction of sp³-hybridized carbons (Fsp3) is 0.484. The fourth-order valence-corrected chi connectivity index (χ4v) is 5.05. The summed E-state index contributed by atoms with van der Waals surface area (Å²) >= 11 is 0. The summed E-state index contributed by atoms with van der Waals surface area (Å²) < 4.78 is 10.6. The minimum Gasteiger partial charge on any atom is -0.504 e. The Labute approximate surface area is 236 Å². The van der Waals surface area contributed by atoms with Gasteiger partial charge in [-0.2, -0.15) is 0 Å². The number of esters is 1. The lowest BCUT2D eigenvalue weighted by molar-refractivity contribution is -0.148. The number of hydrogen-bond donors (Lipinski definition) is 3. The molecular formula is C31H41N3O6. The first-order valence-corrected chi connectivity index (χ1v) is 13.9. The number of nitrogens with zero attached hydrogens (tertiary/aromatic N) is 2. The number of carbonyl (C=O) groups is 2. The summed E-state index contributed by atoms with van der Waals surface area (Å²) in [5.74, 6) is 0.00652. The number of Topliss-reactive ketones (excluding diaryl/α,β-unsaturated/α-hetero) is 1. The summed E-state index contributed by atoms with van der Waals surface area (Å²) in [6.45, 7) is 4.24. The number of anilines is 1. The highest BCUT2D eigenvalue weighted by Gasteiger charge is 2.21. The van der Waals surface area contributed by atoms with Crippen LogP contribution in [0.15, 0.2) is 46.6 Å². The molecule has 0 saturated heterocycles. The molecule has 216 valence electrons. The van der Waals surface area contributed by atoms with E-state index in [4.69, 9.17) is 15.2 Å². The molecule has 40 heavy (non-hydrogen) atoms. The van der Waals surface area contributed by atoms with Crippen LogP contribution in [0.4, 0.5) is 5.82 Å². The summed E-state index contributed by atoms with van der Waals surface area (Å²) in [6.07, 6.45) is 9.09. The van der Waals surface area contributed by atoms with Crippen molar-refractivity contribution in [1.82, 2.24) is 4.98 Å². The SMILES string of the molecule is CCC(CCC(CC(=O)CCc1cc(O)c(O)c(OC)c1)OC(C)=O)CC1=C(CCc2ccnc(N)c2)CN=C1. The average Bonchev–Trinajstić information content (AvgIpc) is 3.36. The van der Waals surface area contributed by atoms with Crippen LogP contribution in [0.25, 0.3) is 0 Å². The van der Waals surface area contributed by atoms with Gasteiger partial charge in [0.25, 0.3) is 0 Å². The molecule has 1 aliphatic heterocycles. The highest BCUT2D eigenvalue weighted by molar-refractivity contribution is 5.82. The van der Waals surface area contributed by atoms with Gasteiger partial charge in [-0.25, -0.2) is 4.98 Å². The van der Waals surface area contributed by atoms with E-state index in [2.05, 4.69) is 16.9 Å². The summed E-state index contributed by atoms with van der Waals surface area (Å²) in [6, 6.07) is 6.91. The molecule has 1 aliphatic rings. The number of aryl methyl sites for hydroxylation is 2. The molecule has 9 heteroatoms. The minimum absolute atomic E-state index is 0.0319. The molecule has 9 nitrogen and oxygen atoms in total. The maximum Gasteiger partial charge on any atom is 0.302 e. The number of ether oxygens (including phenoxy) is 2. The summed E-state index contributed by atoms with van der Waals surface area (Å²) in [7, 11) is 1.40. The third-order valence-corrected chi connectivity index (χ3v) is 7.34. The van der Waals surface area contributed by atoms with Gasteiger partial charge in [-0.3, -0.25) is 14.6 Å². The monoisotopic (exact) mass is 551 g/mol. The van der Waals surface area contributed by atoms with Crippen molar-refractivity contribution in [2.24, 2.45) is 10.9 Å². The van der Waals surface area contributed by atoms with Crippen molar-refractivity contribution in [3.05, 3.63) is 52.7 Å². The predicted molar refractivity (Wildman–Crippen MR) is 155 cm³/mol. The van der Waals surface area contributed by atoms with E-state index in [0.717, 1.165) is 44.2 Å². The molecule has 0 spiro atoms. The Balaban J connectivity index is 1.54. The van der Waals surface area contributed by atoms with E-state index >= 15 is 0 Å². The number of hydrogen-bond acceptors (Lipinski definition) is 9. The van der Waals surface area contributed by atoms with E-state index in [1.807, 2.05) is 18.3 Å². The molecule has 0 saturated carbocycles. The number of phenols is 2. The summed E-state index contributed by atoms with van der Waals surface area (Å²) in [4.78, 5) is 33.1. The Morgan fingerprint density at radius 3 is 2.60 bits per heavy atom. The lowest BCUT2D eigenvalue weighted by Gasteiger charge is -2.21. The van der Waals surface area contributed by atoms with Gasteiger partial charge in [0.15, 0.2) is 11.5 Å². The number of phenolic OH excluding ortho intramolecular Hbond substituents is 2. The Bertz CT molecular complexity index is 1240. The molecule has 0 radical (unpaired) electrons. The normalized spacial score (nSPS) is 14.3. The fourth-order valence-electron chi connectivity index (χ4n) is 5.05. The van der Waals surface area contributed by atoms with Crippen LogP contribution in [-0.4, -0.2) is 52.9 Å². The van der Waals surface area contributed by atoms with Crippen LogP contribution in [0.2, 0.25) is 0 Å². The molecule has 4 N–H and O–H groups in total. The Morgan fingerprint density at radius 1 is 1.10 bits per heavy atom. The van der Waals surface area contributed by atoms with Crippen LogP contribution >= 0.6 is 0 Å². The van der Waals surface area contributed by atoms with Crippen LogP contribution in [-0.2, 0) is 27.2 Å². The number of aromatic nitrogens is 1. The molecule has 0 aliphatic carbocycles. The summed E-state index contributed by atoms with van der Waals surface area (Å²) in [5, 5.41) is 19.7. The predicted octanol–water partition coefficient (Wildman–Crippen LogP) is 5.12. The van der Waals surface area contributed by atoms with Gasteiger partial charge in [0, 0.05) is 32.2 Å². The lowest BCUT2D eigenvalue weighted by atomic mass is 9.88. The van der Waals surface area contributed by atoms with E-state index in [0.29, 0.717) is 30.1 Å². The molecule has 1 aromatic heterocycles. The van der Waals surface area contributed by atoms with Crippen LogP contribution in [0, 0.1) is 5.92 Å². The van der Waals surface area contributed by atoms with Gasteiger partial charge in [0.2, 0.25) is 5.75 Å². The zero-order valence-electron chi connectivity index (χ0n) is 23.7. The number of nitrogen functional groups attached to an aromatic ring is 1. The van der Waals surface area contributed by atoms with Gasteiger partial charge in [-0.05, 0) is 91.0 Å². The van der Waals surface area contributed by atoms with Crippen LogP contribution in [0.5, 0.6) is 17.2 Å². The number of carbonyl (C=O) groups excluding carboxylic acids is 2. The third-order valence-electron chi connectivity index (χ3n) is 7.34. The molecule has 2 atom stereocenters. The number of pyridine rings is 1. The average molecular weight is 552 g/mol. The summed E-state index contributed by atoms with van der Waals surface area (Å²) in [5.41, 5.74) is 10.3. The number of methoxy groups -OCH3 is 1. The van der Waals surface area contributed by atoms with Gasteiger partial charge in [-0.1, -0.05) is 13.3 Å². The maximum atomic E-state index is 12.8. The molecule has 2 unspecified atom stereocenters. The second-order valence-electron chi connectivity index (χ2n) is 10.4. The zero-order valence-corrected chi connectivity index (χ0v) is 23.7. The van der Waals surface area contributed by atoms with Crippen molar-refractivity contribution in [2.45, 2.75) is 77.7 Å². The topological polar surface area (TPSA) is 144 Å². The second kappa shape index (κ2) is 15.1. The van der Waals surface area contributed by atoms with Gasteiger partial charge in [-0.15, -0.1) is 0 Å². The highest BCUT2D eigenvalue weighted by atomic mass is 16.5. The van der Waals surface area contributed by atoms with E-state index in [1.54, 1.807) is 12.3 Å². The number of allylic oxidation sites excluding steroid dienone is 1. The molecular weight excluding hydrogens is 510 g/mol. The third kappa shape index (κ3) is 9.39. The van der Waals surface area contributed by atoms with Crippen LogP contribution in [0.1, 0.15) is 69.9 Å². The van der Waals surface area contributed by atoms with E-state index in [9.17, 15) is 19.8 Å². The number of aliphatic imine (C=N–C) groups is 1. The van der Waals surface area contributed by atoms with E-state index < -0.39 is 12.1 Å². The van der Waals surface area contributed by atoms with Crippen molar-refractivity contribution < 1.29 is 29.3 Å². The minimum atomic E-state index is -0.482.